The van der Waals surface area contributed by atoms with Gasteiger partial charge in [-0.25, -0.2) is 0 Å². The fourth-order valence-corrected chi connectivity index (χ4v) is 2.71. The number of hydrogen-bond acceptors (Lipinski definition) is 5. The zero-order valence-electron chi connectivity index (χ0n) is 18.7. The van der Waals surface area contributed by atoms with E-state index in [1.807, 2.05) is 19.1 Å². The molecule has 2 aromatic rings. The Morgan fingerprint density at radius 1 is 0.968 bits per heavy atom. The summed E-state index contributed by atoms with van der Waals surface area (Å²) in [5, 5.41) is 5.18. The summed E-state index contributed by atoms with van der Waals surface area (Å²) < 4.78 is 10.5. The van der Waals surface area contributed by atoms with E-state index in [-0.39, 0.29) is 17.9 Å². The number of anilines is 1. The zero-order chi connectivity index (χ0) is 23.0. The summed E-state index contributed by atoms with van der Waals surface area (Å²) in [6.07, 6.45) is -1.01. The number of benzene rings is 2. The van der Waals surface area contributed by atoms with E-state index >= 15 is 0 Å². The number of amides is 2. The van der Waals surface area contributed by atoms with Crippen LogP contribution in [0.2, 0.25) is 0 Å². The van der Waals surface area contributed by atoms with Crippen LogP contribution in [-0.2, 0) is 19.7 Å². The zero-order valence-corrected chi connectivity index (χ0v) is 18.7. The Hall–Kier alpha value is -3.35. The lowest BCUT2D eigenvalue weighted by Crippen LogP contribution is -2.35. The molecule has 0 fully saturated rings. The van der Waals surface area contributed by atoms with Gasteiger partial charge in [0.15, 0.2) is 6.10 Å². The molecule has 0 radical (unpaired) electrons. The van der Waals surface area contributed by atoms with Crippen LogP contribution in [0.3, 0.4) is 0 Å². The second-order valence-electron chi connectivity index (χ2n) is 8.09. The van der Waals surface area contributed by atoms with Crippen LogP contribution < -0.4 is 15.4 Å². The van der Waals surface area contributed by atoms with Gasteiger partial charge in [0.25, 0.3) is 11.8 Å². The first kappa shape index (κ1) is 23.9. The Labute approximate surface area is 183 Å². The van der Waals surface area contributed by atoms with Gasteiger partial charge in [0.1, 0.15) is 12.3 Å². The highest BCUT2D eigenvalue weighted by atomic mass is 16.5. The highest BCUT2D eigenvalue weighted by Gasteiger charge is 2.19. The normalized spacial score (nSPS) is 11.9. The molecule has 0 spiro atoms. The Bertz CT molecular complexity index is 899. The van der Waals surface area contributed by atoms with Crippen molar-refractivity contribution in [2.75, 3.05) is 18.5 Å². The van der Waals surface area contributed by atoms with E-state index in [2.05, 4.69) is 31.4 Å². The van der Waals surface area contributed by atoms with Gasteiger partial charge in [-0.05, 0) is 61.2 Å². The second kappa shape index (κ2) is 10.6. The van der Waals surface area contributed by atoms with Crippen molar-refractivity contribution in [1.82, 2.24) is 5.32 Å². The van der Waals surface area contributed by atoms with E-state index in [0.717, 1.165) is 5.56 Å². The van der Waals surface area contributed by atoms with Crippen LogP contribution in [0.1, 0.15) is 50.5 Å². The van der Waals surface area contributed by atoms with Gasteiger partial charge >= 0.3 is 5.97 Å². The molecule has 2 aromatic carbocycles. The van der Waals surface area contributed by atoms with Crippen LogP contribution in [0.15, 0.2) is 48.5 Å². The van der Waals surface area contributed by atoms with Crippen LogP contribution in [-0.4, -0.2) is 37.0 Å². The van der Waals surface area contributed by atoms with Crippen molar-refractivity contribution >= 4 is 23.5 Å². The third kappa shape index (κ3) is 7.44. The number of nitrogens with one attached hydrogen (secondary N) is 2. The molecule has 31 heavy (non-hydrogen) atoms. The number of ether oxygens (including phenoxy) is 2. The highest BCUT2D eigenvalue weighted by Crippen LogP contribution is 2.22. The van der Waals surface area contributed by atoms with E-state index in [4.69, 9.17) is 9.47 Å². The minimum Gasteiger partial charge on any atom is -0.494 e. The molecule has 1 atom stereocenters. The van der Waals surface area contributed by atoms with E-state index in [1.165, 1.54) is 6.92 Å². The number of carbonyl (C=O) groups excluding carboxylic acids is 3. The predicted molar refractivity (Wildman–Crippen MR) is 119 cm³/mol. The maximum Gasteiger partial charge on any atom is 0.326 e. The van der Waals surface area contributed by atoms with Gasteiger partial charge in [-0.15, -0.1) is 0 Å². The topological polar surface area (TPSA) is 93.7 Å². The molecule has 0 aliphatic rings. The average molecular weight is 427 g/mol. The van der Waals surface area contributed by atoms with Crippen molar-refractivity contribution in [1.29, 1.82) is 0 Å². The smallest absolute Gasteiger partial charge is 0.326 e. The molecule has 0 aromatic heterocycles. The average Bonchev–Trinajstić information content (AvgIpc) is 2.73. The van der Waals surface area contributed by atoms with Gasteiger partial charge < -0.3 is 20.1 Å². The van der Waals surface area contributed by atoms with Crippen molar-refractivity contribution in [3.05, 3.63) is 59.7 Å². The number of esters is 1. The number of carbonyl (C=O) groups is 3. The summed E-state index contributed by atoms with van der Waals surface area (Å²) in [5.74, 6) is -0.858. The predicted octanol–water partition coefficient (Wildman–Crippen LogP) is 3.68. The lowest BCUT2D eigenvalue weighted by Gasteiger charge is -2.19. The van der Waals surface area contributed by atoms with Crippen molar-refractivity contribution in [3.8, 4) is 5.75 Å². The van der Waals surface area contributed by atoms with Crippen LogP contribution in [0.25, 0.3) is 0 Å². The summed E-state index contributed by atoms with van der Waals surface area (Å²) in [5.41, 5.74) is 2.10. The molecule has 1 unspecified atom stereocenters. The highest BCUT2D eigenvalue weighted by molar-refractivity contribution is 5.97. The fourth-order valence-electron chi connectivity index (χ4n) is 2.71. The quantitative estimate of drug-likeness (QED) is 0.628. The molecule has 2 amide bonds. The Morgan fingerprint density at radius 2 is 1.58 bits per heavy atom. The van der Waals surface area contributed by atoms with E-state index in [1.54, 1.807) is 36.4 Å². The van der Waals surface area contributed by atoms with E-state index < -0.39 is 18.0 Å². The molecule has 2 N–H and O–H groups in total. The maximum atomic E-state index is 12.2. The van der Waals surface area contributed by atoms with Gasteiger partial charge in [0.05, 0.1) is 6.61 Å². The minimum atomic E-state index is -1.01. The largest absolute Gasteiger partial charge is 0.494 e. The summed E-state index contributed by atoms with van der Waals surface area (Å²) in [6.45, 7) is 9.84. The minimum absolute atomic E-state index is 0.0130. The Morgan fingerprint density at radius 3 is 2.13 bits per heavy atom. The molecule has 0 heterocycles. The van der Waals surface area contributed by atoms with Crippen LogP contribution in [0.5, 0.6) is 5.75 Å². The third-order valence-corrected chi connectivity index (χ3v) is 4.52. The SMILES string of the molecule is CCOc1ccc(NC(=O)C(C)OC(=O)CNC(=O)c2ccc(C(C)(C)C)cc2)cc1. The van der Waals surface area contributed by atoms with Gasteiger partial charge in [-0.3, -0.25) is 14.4 Å². The lowest BCUT2D eigenvalue weighted by atomic mass is 9.87. The van der Waals surface area contributed by atoms with Gasteiger partial charge in [0, 0.05) is 11.3 Å². The van der Waals surface area contributed by atoms with Crippen molar-refractivity contribution in [3.63, 3.8) is 0 Å². The second-order valence-corrected chi connectivity index (χ2v) is 8.09. The fraction of sp³-hybridized carbons (Fsp3) is 0.375. The summed E-state index contributed by atoms with van der Waals surface area (Å²) in [4.78, 5) is 36.5. The van der Waals surface area contributed by atoms with E-state index in [0.29, 0.717) is 23.6 Å². The van der Waals surface area contributed by atoms with Gasteiger partial charge in [0.2, 0.25) is 0 Å². The molecule has 0 saturated heterocycles. The molecule has 0 aliphatic carbocycles. The molecular weight excluding hydrogens is 396 g/mol. The van der Waals surface area contributed by atoms with Gasteiger partial charge in [-0.2, -0.15) is 0 Å². The monoisotopic (exact) mass is 426 g/mol. The summed E-state index contributed by atoms with van der Waals surface area (Å²) >= 11 is 0. The Balaban J connectivity index is 1.80. The molecular formula is C24H30N2O5. The molecule has 0 bridgehead atoms. The summed E-state index contributed by atoms with van der Waals surface area (Å²) in [6, 6.07) is 14.1. The van der Waals surface area contributed by atoms with E-state index in [9.17, 15) is 14.4 Å². The maximum absolute atomic E-state index is 12.2. The molecule has 0 saturated carbocycles. The standard InChI is InChI=1S/C24H30N2O5/c1-6-30-20-13-11-19(12-14-20)26-22(28)16(2)31-21(27)15-25-23(29)17-7-9-18(10-8-17)24(3,4)5/h7-14,16H,6,15H2,1-5H3,(H,25,29)(H,26,28). The third-order valence-electron chi connectivity index (χ3n) is 4.52. The number of hydrogen-bond donors (Lipinski definition) is 2. The first-order valence-corrected chi connectivity index (χ1v) is 10.2. The molecule has 7 heteroatoms. The van der Waals surface area contributed by atoms with Crippen molar-refractivity contribution < 1.29 is 23.9 Å². The summed E-state index contributed by atoms with van der Waals surface area (Å²) in [7, 11) is 0. The van der Waals surface area contributed by atoms with Crippen LogP contribution in [0, 0.1) is 0 Å². The molecule has 2 rings (SSSR count). The lowest BCUT2D eigenvalue weighted by molar-refractivity contribution is -0.152. The van der Waals surface area contributed by atoms with Crippen molar-refractivity contribution in [2.24, 2.45) is 0 Å². The van der Waals surface area contributed by atoms with Crippen LogP contribution in [0.4, 0.5) is 5.69 Å². The van der Waals surface area contributed by atoms with Gasteiger partial charge in [-0.1, -0.05) is 32.9 Å². The number of rotatable bonds is 8. The van der Waals surface area contributed by atoms with Crippen LogP contribution >= 0.6 is 0 Å². The molecule has 0 aliphatic heterocycles. The van der Waals surface area contributed by atoms with Crippen molar-refractivity contribution in [2.45, 2.75) is 46.1 Å². The molecule has 7 nitrogen and oxygen atoms in total. The first-order chi connectivity index (χ1) is 14.6. The Kier molecular flexibility index (Phi) is 8.19. The first-order valence-electron chi connectivity index (χ1n) is 10.2. The molecule has 166 valence electrons.